The third kappa shape index (κ3) is 4.32. The zero-order valence-electron chi connectivity index (χ0n) is 14.4. The van der Waals surface area contributed by atoms with E-state index in [9.17, 15) is 8.42 Å². The molecule has 134 valence electrons. The van der Waals surface area contributed by atoms with E-state index in [0.29, 0.717) is 12.3 Å². The van der Waals surface area contributed by atoms with Crippen molar-refractivity contribution in [2.75, 3.05) is 31.6 Å². The first-order chi connectivity index (χ1) is 11.0. The van der Waals surface area contributed by atoms with Crippen molar-refractivity contribution >= 4 is 33.1 Å². The highest BCUT2D eigenvalue weighted by Crippen LogP contribution is 2.33. The molecule has 2 aromatic rings. The van der Waals surface area contributed by atoms with Gasteiger partial charge >= 0.3 is 0 Å². The van der Waals surface area contributed by atoms with E-state index < -0.39 is 9.84 Å². The highest BCUT2D eigenvalue weighted by molar-refractivity contribution is 7.91. The van der Waals surface area contributed by atoms with Crippen LogP contribution in [0.15, 0.2) is 24.4 Å². The maximum atomic E-state index is 11.7. The summed E-state index contributed by atoms with van der Waals surface area (Å²) < 4.78 is 23.4. The van der Waals surface area contributed by atoms with Gasteiger partial charge in [0.05, 0.1) is 5.75 Å². The second-order valence-electron chi connectivity index (χ2n) is 6.69. The molecule has 0 atom stereocenters. The molecule has 0 amide bonds. The number of likely N-dealkylation sites (tertiary alicyclic amines) is 1. The fraction of sp³-hybridized carbons (Fsp3) is 0.556. The average molecular weight is 371 g/mol. The van der Waals surface area contributed by atoms with Gasteiger partial charge in [0, 0.05) is 22.9 Å². The van der Waals surface area contributed by atoms with E-state index in [1.54, 1.807) is 6.92 Å². The molecule has 0 bridgehead atoms. The predicted octanol–water partition coefficient (Wildman–Crippen LogP) is 3.38. The molecular weight excluding hydrogens is 344 g/mol. The van der Waals surface area contributed by atoms with Crippen LogP contribution in [0.25, 0.3) is 10.9 Å². The molecule has 1 N–H and O–H groups in total. The Hall–Kier alpha value is -1.04. The molecule has 1 aliphatic heterocycles. The molecule has 24 heavy (non-hydrogen) atoms. The number of rotatable bonds is 5. The van der Waals surface area contributed by atoms with Crippen molar-refractivity contribution in [1.82, 2.24) is 9.88 Å². The second kappa shape index (κ2) is 7.89. The topological polar surface area (TPSA) is 53.2 Å². The van der Waals surface area contributed by atoms with Gasteiger partial charge in [-0.25, -0.2) is 8.42 Å². The summed E-state index contributed by atoms with van der Waals surface area (Å²) in [6, 6.07) is 6.31. The Morgan fingerprint density at radius 3 is 2.62 bits per heavy atom. The lowest BCUT2D eigenvalue weighted by molar-refractivity contribution is 0.256. The van der Waals surface area contributed by atoms with Gasteiger partial charge in [-0.05, 0) is 68.6 Å². The molecule has 0 aliphatic carbocycles. The molecule has 0 saturated carbocycles. The molecule has 1 saturated heterocycles. The summed E-state index contributed by atoms with van der Waals surface area (Å²) in [6.45, 7) is 4.00. The third-order valence-corrected chi connectivity index (χ3v) is 6.78. The van der Waals surface area contributed by atoms with Crippen LogP contribution in [0, 0.1) is 0 Å². The summed E-state index contributed by atoms with van der Waals surface area (Å²) in [6.07, 6.45) is 5.13. The van der Waals surface area contributed by atoms with Crippen molar-refractivity contribution in [2.45, 2.75) is 32.1 Å². The number of H-pyrrole nitrogens is 1. The van der Waals surface area contributed by atoms with Gasteiger partial charge in [0.25, 0.3) is 0 Å². The first kappa shape index (κ1) is 19.3. The third-order valence-electron chi connectivity index (χ3n) is 5.08. The molecule has 1 aromatic carbocycles. The normalized spacial score (nSPS) is 17.1. The average Bonchev–Trinajstić information content (AvgIpc) is 2.97. The smallest absolute Gasteiger partial charge is 0.150 e. The maximum Gasteiger partial charge on any atom is 0.150 e. The van der Waals surface area contributed by atoms with Crippen LogP contribution in [0.5, 0.6) is 0 Å². The van der Waals surface area contributed by atoms with Crippen LogP contribution >= 0.6 is 12.4 Å². The Morgan fingerprint density at radius 2 is 1.96 bits per heavy atom. The quantitative estimate of drug-likeness (QED) is 0.877. The largest absolute Gasteiger partial charge is 0.361 e. The fourth-order valence-electron chi connectivity index (χ4n) is 3.42. The van der Waals surface area contributed by atoms with Crippen molar-refractivity contribution in [1.29, 1.82) is 0 Å². The summed E-state index contributed by atoms with van der Waals surface area (Å²) in [7, 11) is -0.729. The molecule has 1 aromatic heterocycles. The van der Waals surface area contributed by atoms with Crippen LogP contribution in [0.3, 0.4) is 0 Å². The first-order valence-electron chi connectivity index (χ1n) is 8.47. The van der Waals surface area contributed by atoms with E-state index in [1.807, 2.05) is 6.07 Å². The van der Waals surface area contributed by atoms with E-state index in [0.717, 1.165) is 24.2 Å². The second-order valence-corrected chi connectivity index (χ2v) is 9.16. The van der Waals surface area contributed by atoms with Crippen LogP contribution in [-0.2, 0) is 16.3 Å². The van der Waals surface area contributed by atoms with Gasteiger partial charge < -0.3 is 9.88 Å². The van der Waals surface area contributed by atoms with E-state index in [4.69, 9.17) is 0 Å². The minimum absolute atomic E-state index is 0. The number of fused-ring (bicyclic) bond motifs is 1. The van der Waals surface area contributed by atoms with Crippen LogP contribution in [0.2, 0.25) is 0 Å². The Labute approximate surface area is 151 Å². The summed E-state index contributed by atoms with van der Waals surface area (Å²) in [5.74, 6) is 1.07. The highest BCUT2D eigenvalue weighted by atomic mass is 35.5. The van der Waals surface area contributed by atoms with Gasteiger partial charge in [0.1, 0.15) is 9.84 Å². The maximum absolute atomic E-state index is 11.7. The molecule has 4 nitrogen and oxygen atoms in total. The lowest BCUT2D eigenvalue weighted by Crippen LogP contribution is -2.29. The van der Waals surface area contributed by atoms with E-state index >= 15 is 0 Å². The summed E-state index contributed by atoms with van der Waals surface area (Å²) in [5.41, 5.74) is 3.66. The van der Waals surface area contributed by atoms with Gasteiger partial charge in [-0.3, -0.25) is 0 Å². The zero-order chi connectivity index (χ0) is 16.4. The Morgan fingerprint density at radius 1 is 1.25 bits per heavy atom. The summed E-state index contributed by atoms with van der Waals surface area (Å²) in [4.78, 5) is 5.76. The number of aryl methyl sites for hydroxylation is 1. The number of aromatic amines is 1. The van der Waals surface area contributed by atoms with Gasteiger partial charge in [-0.2, -0.15) is 0 Å². The summed E-state index contributed by atoms with van der Waals surface area (Å²) >= 11 is 0. The van der Waals surface area contributed by atoms with E-state index in [2.05, 4.69) is 35.3 Å². The van der Waals surface area contributed by atoms with Crippen molar-refractivity contribution in [2.24, 2.45) is 0 Å². The number of piperidine rings is 1. The monoisotopic (exact) mass is 370 g/mol. The predicted molar refractivity (Wildman–Crippen MR) is 103 cm³/mol. The minimum atomic E-state index is -2.91. The Bertz CT molecular complexity index is 777. The first-order valence-corrected chi connectivity index (χ1v) is 10.3. The van der Waals surface area contributed by atoms with Crippen LogP contribution in [0.4, 0.5) is 0 Å². The molecule has 6 heteroatoms. The van der Waals surface area contributed by atoms with E-state index in [-0.39, 0.29) is 23.9 Å². The van der Waals surface area contributed by atoms with Crippen molar-refractivity contribution in [3.63, 3.8) is 0 Å². The van der Waals surface area contributed by atoms with Gasteiger partial charge in [0.15, 0.2) is 0 Å². The van der Waals surface area contributed by atoms with E-state index in [1.165, 1.54) is 23.8 Å². The number of aromatic nitrogens is 1. The molecule has 0 radical (unpaired) electrons. The molecule has 1 aliphatic rings. The fourth-order valence-corrected chi connectivity index (χ4v) is 4.26. The number of nitrogens with zero attached hydrogens (tertiary/aromatic N) is 1. The molecule has 0 spiro atoms. The number of hydrogen-bond donors (Lipinski definition) is 1. The number of nitrogens with one attached hydrogen (secondary N) is 1. The van der Waals surface area contributed by atoms with Gasteiger partial charge in [-0.15, -0.1) is 12.4 Å². The zero-order valence-corrected chi connectivity index (χ0v) is 16.0. The molecule has 0 unspecified atom stereocenters. The number of halogens is 1. The lowest BCUT2D eigenvalue weighted by Gasteiger charge is -2.28. The number of benzene rings is 1. The van der Waals surface area contributed by atoms with Crippen molar-refractivity contribution in [3.8, 4) is 0 Å². The van der Waals surface area contributed by atoms with Crippen molar-refractivity contribution in [3.05, 3.63) is 35.5 Å². The number of hydrogen-bond acceptors (Lipinski definition) is 3. The summed E-state index contributed by atoms with van der Waals surface area (Å²) in [5, 5.41) is 1.27. The highest BCUT2D eigenvalue weighted by Gasteiger charge is 2.21. The molecule has 1 fully saturated rings. The SMILES string of the molecule is CCS(=O)(=O)CCc1ccc2[nH]cc(C3CCN(C)CC3)c2c1.Cl. The van der Waals surface area contributed by atoms with Gasteiger partial charge in [-0.1, -0.05) is 13.0 Å². The minimum Gasteiger partial charge on any atom is -0.361 e. The molecular formula is C18H27ClN2O2S. The molecule has 3 rings (SSSR count). The van der Waals surface area contributed by atoms with Crippen LogP contribution < -0.4 is 0 Å². The molecule has 2 heterocycles. The standard InChI is InChI=1S/C18H26N2O2S.ClH/c1-3-23(21,22)11-8-14-4-5-18-16(12-14)17(13-19-18)15-6-9-20(2)10-7-15;/h4-5,12-13,15,19H,3,6-11H2,1-2H3;1H. The Balaban J connectivity index is 0.00000208. The number of sulfone groups is 1. The van der Waals surface area contributed by atoms with Crippen LogP contribution in [0.1, 0.15) is 36.8 Å². The van der Waals surface area contributed by atoms with Crippen molar-refractivity contribution < 1.29 is 8.42 Å². The van der Waals surface area contributed by atoms with Gasteiger partial charge in [0.2, 0.25) is 0 Å². The van der Waals surface area contributed by atoms with Crippen LogP contribution in [-0.4, -0.2) is 49.9 Å². The lowest BCUT2D eigenvalue weighted by atomic mass is 9.89. The Kier molecular flexibility index (Phi) is 6.34.